The Kier molecular flexibility index (Phi) is 3.36. The van der Waals surface area contributed by atoms with Gasteiger partial charge in [-0.2, -0.15) is 0 Å². The lowest BCUT2D eigenvalue weighted by molar-refractivity contribution is 0.0962. The van der Waals surface area contributed by atoms with Gasteiger partial charge in [0.2, 0.25) is 0 Å². The summed E-state index contributed by atoms with van der Waals surface area (Å²) in [5, 5.41) is 0. The molecule has 0 amide bonds. The average molecular weight is 292 g/mol. The van der Waals surface area contributed by atoms with Crippen LogP contribution < -0.4 is 0 Å². The van der Waals surface area contributed by atoms with Gasteiger partial charge < -0.3 is 0 Å². The highest BCUT2D eigenvalue weighted by Gasteiger charge is 2.17. The summed E-state index contributed by atoms with van der Waals surface area (Å²) in [4.78, 5) is 17.3. The largest absolute Gasteiger partial charge is 0.268 e. The summed E-state index contributed by atoms with van der Waals surface area (Å²) < 4.78 is 1.68. The fourth-order valence-electron chi connectivity index (χ4n) is 2.64. The fraction of sp³-hybridized carbons (Fsp3) is 0.263. The van der Waals surface area contributed by atoms with Crippen LogP contribution >= 0.6 is 0 Å². The van der Waals surface area contributed by atoms with Crippen molar-refractivity contribution in [2.75, 3.05) is 0 Å². The van der Waals surface area contributed by atoms with Crippen molar-refractivity contribution in [3.8, 4) is 0 Å². The first-order valence-corrected chi connectivity index (χ1v) is 7.47. The summed E-state index contributed by atoms with van der Waals surface area (Å²) in [7, 11) is 0. The fourth-order valence-corrected chi connectivity index (χ4v) is 2.64. The van der Waals surface area contributed by atoms with Crippen LogP contribution in [0.4, 0.5) is 0 Å². The van der Waals surface area contributed by atoms with E-state index in [0.717, 1.165) is 11.0 Å². The summed E-state index contributed by atoms with van der Waals surface area (Å²) in [6.45, 7) is 8.35. The van der Waals surface area contributed by atoms with Crippen LogP contribution in [0.25, 0.3) is 11.0 Å². The van der Waals surface area contributed by atoms with Gasteiger partial charge in [-0.25, -0.2) is 4.98 Å². The number of imidazole rings is 1. The third kappa shape index (κ3) is 2.43. The average Bonchev–Trinajstić information content (AvgIpc) is 2.81. The molecule has 112 valence electrons. The second kappa shape index (κ2) is 5.09. The molecule has 0 aliphatic heterocycles. The van der Waals surface area contributed by atoms with Crippen LogP contribution in [0.3, 0.4) is 0 Å². The molecule has 0 unspecified atom stereocenters. The minimum absolute atomic E-state index is 0.0355. The maximum Gasteiger partial charge on any atom is 0.263 e. The molecule has 0 aliphatic rings. The van der Waals surface area contributed by atoms with Crippen LogP contribution in [0, 0.1) is 6.92 Å². The Balaban J connectivity index is 2.05. The molecule has 0 N–H and O–H groups in total. The third-order valence-corrected chi connectivity index (χ3v) is 3.93. The molecule has 0 atom stereocenters. The van der Waals surface area contributed by atoms with E-state index in [2.05, 4.69) is 25.8 Å². The van der Waals surface area contributed by atoms with E-state index in [1.54, 1.807) is 4.57 Å². The van der Waals surface area contributed by atoms with Crippen molar-refractivity contribution in [1.82, 2.24) is 9.55 Å². The Morgan fingerprint density at radius 3 is 2.27 bits per heavy atom. The second-order valence-corrected chi connectivity index (χ2v) is 6.62. The zero-order valence-corrected chi connectivity index (χ0v) is 13.4. The molecule has 2 aromatic carbocycles. The highest BCUT2D eigenvalue weighted by atomic mass is 16.2. The number of carbonyl (C=O) groups is 1. The maximum absolute atomic E-state index is 12.8. The third-order valence-electron chi connectivity index (χ3n) is 3.93. The van der Waals surface area contributed by atoms with Crippen LogP contribution in [0.1, 0.15) is 42.5 Å². The SMILES string of the molecule is Cc1nc2ccccc2n1C(=O)c1ccc(C(C)(C)C)cc1. The van der Waals surface area contributed by atoms with Gasteiger partial charge in [-0.05, 0) is 42.2 Å². The first-order valence-electron chi connectivity index (χ1n) is 7.47. The molecule has 0 bridgehead atoms. The summed E-state index contributed by atoms with van der Waals surface area (Å²) in [6.07, 6.45) is 0. The predicted molar refractivity (Wildman–Crippen MR) is 89.3 cm³/mol. The van der Waals surface area contributed by atoms with E-state index in [1.807, 2.05) is 55.5 Å². The number of hydrogen-bond acceptors (Lipinski definition) is 2. The minimum Gasteiger partial charge on any atom is -0.268 e. The first kappa shape index (κ1) is 14.5. The molecule has 3 heteroatoms. The smallest absolute Gasteiger partial charge is 0.263 e. The first-order chi connectivity index (χ1) is 10.4. The highest BCUT2D eigenvalue weighted by molar-refractivity contribution is 6.01. The van der Waals surface area contributed by atoms with Gasteiger partial charge in [-0.1, -0.05) is 45.0 Å². The van der Waals surface area contributed by atoms with Crippen molar-refractivity contribution in [1.29, 1.82) is 0 Å². The molecule has 3 aromatic rings. The lowest BCUT2D eigenvalue weighted by Gasteiger charge is -2.19. The van der Waals surface area contributed by atoms with Gasteiger partial charge in [-0.3, -0.25) is 9.36 Å². The number of hydrogen-bond donors (Lipinski definition) is 0. The molecule has 0 fully saturated rings. The molecule has 1 aromatic heterocycles. The lowest BCUT2D eigenvalue weighted by atomic mass is 9.86. The zero-order chi connectivity index (χ0) is 15.9. The molecule has 3 nitrogen and oxygen atoms in total. The molecule has 0 radical (unpaired) electrons. The van der Waals surface area contributed by atoms with Crippen LogP contribution in [0.2, 0.25) is 0 Å². The van der Waals surface area contributed by atoms with Gasteiger partial charge in [0.15, 0.2) is 0 Å². The van der Waals surface area contributed by atoms with Gasteiger partial charge in [0.1, 0.15) is 5.82 Å². The van der Waals surface area contributed by atoms with Crippen LogP contribution in [0.15, 0.2) is 48.5 Å². The van der Waals surface area contributed by atoms with E-state index in [1.165, 1.54) is 5.56 Å². The Labute approximate surface area is 130 Å². The van der Waals surface area contributed by atoms with Gasteiger partial charge in [0, 0.05) is 5.56 Å². The quantitative estimate of drug-likeness (QED) is 0.669. The van der Waals surface area contributed by atoms with Crippen LogP contribution in [0.5, 0.6) is 0 Å². The molecule has 3 rings (SSSR count). The van der Waals surface area contributed by atoms with E-state index >= 15 is 0 Å². The standard InChI is InChI=1S/C19H20N2O/c1-13-20-16-7-5-6-8-17(16)21(13)18(22)14-9-11-15(12-10-14)19(2,3)4/h5-12H,1-4H3. The van der Waals surface area contributed by atoms with Crippen LogP contribution in [-0.4, -0.2) is 15.5 Å². The molecule has 1 heterocycles. The van der Waals surface area contributed by atoms with Crippen LogP contribution in [-0.2, 0) is 5.41 Å². The number of rotatable bonds is 1. The second-order valence-electron chi connectivity index (χ2n) is 6.62. The number of fused-ring (bicyclic) bond motifs is 1. The van der Waals surface area contributed by atoms with E-state index in [-0.39, 0.29) is 11.3 Å². The number of aromatic nitrogens is 2. The van der Waals surface area contributed by atoms with Crippen molar-refractivity contribution in [2.24, 2.45) is 0 Å². The topological polar surface area (TPSA) is 34.9 Å². The van der Waals surface area contributed by atoms with Crippen molar-refractivity contribution in [3.63, 3.8) is 0 Å². The van der Waals surface area contributed by atoms with E-state index < -0.39 is 0 Å². The van der Waals surface area contributed by atoms with Crippen molar-refractivity contribution >= 4 is 16.9 Å². The van der Waals surface area contributed by atoms with Gasteiger partial charge in [-0.15, -0.1) is 0 Å². The Morgan fingerprint density at radius 1 is 1.00 bits per heavy atom. The molecule has 0 saturated heterocycles. The van der Waals surface area contributed by atoms with Crippen molar-refractivity contribution in [2.45, 2.75) is 33.1 Å². The van der Waals surface area contributed by atoms with E-state index in [4.69, 9.17) is 0 Å². The number of para-hydroxylation sites is 2. The summed E-state index contributed by atoms with van der Waals surface area (Å²) in [5.41, 5.74) is 3.68. The predicted octanol–water partition coefficient (Wildman–Crippen LogP) is 4.33. The highest BCUT2D eigenvalue weighted by Crippen LogP contribution is 2.23. The number of carbonyl (C=O) groups excluding carboxylic acids is 1. The Bertz CT molecular complexity index is 836. The maximum atomic E-state index is 12.8. The Morgan fingerprint density at radius 2 is 1.64 bits per heavy atom. The Hall–Kier alpha value is -2.42. The van der Waals surface area contributed by atoms with Crippen molar-refractivity contribution < 1.29 is 4.79 Å². The zero-order valence-electron chi connectivity index (χ0n) is 13.4. The lowest BCUT2D eigenvalue weighted by Crippen LogP contribution is -2.15. The number of benzene rings is 2. The molecule has 0 aliphatic carbocycles. The minimum atomic E-state index is -0.0355. The van der Waals surface area contributed by atoms with E-state index in [9.17, 15) is 4.79 Å². The normalized spacial score (nSPS) is 11.8. The summed E-state index contributed by atoms with van der Waals surface area (Å²) >= 11 is 0. The molecule has 22 heavy (non-hydrogen) atoms. The molecule has 0 spiro atoms. The summed E-state index contributed by atoms with van der Waals surface area (Å²) in [5.74, 6) is 0.678. The van der Waals surface area contributed by atoms with Gasteiger partial charge >= 0.3 is 0 Å². The number of aryl methyl sites for hydroxylation is 1. The molecule has 0 saturated carbocycles. The monoisotopic (exact) mass is 292 g/mol. The van der Waals surface area contributed by atoms with Gasteiger partial charge in [0.05, 0.1) is 11.0 Å². The molecular weight excluding hydrogens is 272 g/mol. The van der Waals surface area contributed by atoms with Crippen molar-refractivity contribution in [3.05, 3.63) is 65.5 Å². The molecular formula is C19H20N2O. The van der Waals surface area contributed by atoms with E-state index in [0.29, 0.717) is 11.4 Å². The number of nitrogens with zero attached hydrogens (tertiary/aromatic N) is 2. The summed E-state index contributed by atoms with van der Waals surface area (Å²) in [6, 6.07) is 15.6. The van der Waals surface area contributed by atoms with Gasteiger partial charge in [0.25, 0.3) is 5.91 Å².